The number of carbonyl (C=O) groups is 2. The molecule has 2 aliphatic rings. The van der Waals surface area contributed by atoms with Crippen LogP contribution in [0.25, 0.3) is 0 Å². The first-order valence-electron chi connectivity index (χ1n) is 4.52. The van der Waals surface area contributed by atoms with Gasteiger partial charge in [-0.05, 0) is 12.8 Å². The fourth-order valence-corrected chi connectivity index (χ4v) is 1.74. The largest absolute Gasteiger partial charge is 0.463 e. The van der Waals surface area contributed by atoms with Crippen molar-refractivity contribution >= 4 is 11.8 Å². The van der Waals surface area contributed by atoms with E-state index in [-0.39, 0.29) is 24.0 Å². The zero-order chi connectivity index (χ0) is 9.31. The summed E-state index contributed by atoms with van der Waals surface area (Å²) in [7, 11) is 0. The molecule has 2 saturated heterocycles. The summed E-state index contributed by atoms with van der Waals surface area (Å²) >= 11 is 0. The van der Waals surface area contributed by atoms with Gasteiger partial charge in [-0.3, -0.25) is 9.59 Å². The maximum atomic E-state index is 10.9. The number of ketones is 1. The number of hydrogen-bond donors (Lipinski definition) is 0. The van der Waals surface area contributed by atoms with Crippen molar-refractivity contribution < 1.29 is 19.1 Å². The van der Waals surface area contributed by atoms with E-state index < -0.39 is 0 Å². The van der Waals surface area contributed by atoms with Gasteiger partial charge in [0.1, 0.15) is 18.8 Å². The second-order valence-electron chi connectivity index (χ2n) is 3.67. The average Bonchev–Trinajstić information content (AvgIpc) is 2.16. The number of carbonyl (C=O) groups excluding carboxylic acids is 2. The molecular weight excluding hydrogens is 172 g/mol. The zero-order valence-electron chi connectivity index (χ0n) is 7.38. The number of esters is 1. The number of cyclic esters (lactones) is 1. The van der Waals surface area contributed by atoms with E-state index in [0.29, 0.717) is 32.3 Å². The number of hydrogen-bond acceptors (Lipinski definition) is 4. The molecule has 0 amide bonds. The Hall–Kier alpha value is -0.900. The lowest BCUT2D eigenvalue weighted by molar-refractivity contribution is -0.179. The van der Waals surface area contributed by atoms with Crippen molar-refractivity contribution in [1.82, 2.24) is 0 Å². The molecule has 2 heterocycles. The van der Waals surface area contributed by atoms with Crippen LogP contribution in [0.15, 0.2) is 0 Å². The van der Waals surface area contributed by atoms with Gasteiger partial charge in [-0.25, -0.2) is 0 Å². The average molecular weight is 184 g/mol. The quantitative estimate of drug-likeness (QED) is 0.513. The highest BCUT2D eigenvalue weighted by atomic mass is 16.6. The van der Waals surface area contributed by atoms with E-state index in [1.54, 1.807) is 0 Å². The highest BCUT2D eigenvalue weighted by Crippen LogP contribution is 2.31. The van der Waals surface area contributed by atoms with Crippen LogP contribution in [0.5, 0.6) is 0 Å². The minimum absolute atomic E-state index is 0.141. The van der Waals surface area contributed by atoms with E-state index in [0.717, 1.165) is 0 Å². The molecule has 0 aromatic rings. The van der Waals surface area contributed by atoms with Gasteiger partial charge in [-0.2, -0.15) is 0 Å². The Labute approximate surface area is 76.2 Å². The molecule has 0 aromatic heterocycles. The van der Waals surface area contributed by atoms with Gasteiger partial charge in [0.05, 0.1) is 0 Å². The second-order valence-corrected chi connectivity index (χ2v) is 3.67. The van der Waals surface area contributed by atoms with Crippen LogP contribution in [0.4, 0.5) is 0 Å². The van der Waals surface area contributed by atoms with Crippen LogP contribution in [0.2, 0.25) is 0 Å². The van der Waals surface area contributed by atoms with Crippen LogP contribution in [0, 0.1) is 0 Å². The van der Waals surface area contributed by atoms with Crippen molar-refractivity contribution in [2.45, 2.75) is 31.3 Å². The van der Waals surface area contributed by atoms with Gasteiger partial charge in [-0.1, -0.05) is 0 Å². The monoisotopic (exact) mass is 184 g/mol. The normalized spacial score (nSPS) is 34.8. The number of rotatable bonds is 0. The fourth-order valence-electron chi connectivity index (χ4n) is 1.74. The first-order valence-corrected chi connectivity index (χ1v) is 4.52. The zero-order valence-corrected chi connectivity index (χ0v) is 7.38. The van der Waals surface area contributed by atoms with Gasteiger partial charge in [0.15, 0.2) is 5.78 Å². The van der Waals surface area contributed by atoms with E-state index in [9.17, 15) is 9.59 Å². The van der Waals surface area contributed by atoms with Gasteiger partial charge in [0.25, 0.3) is 0 Å². The Kier molecular flexibility index (Phi) is 2.07. The van der Waals surface area contributed by atoms with Crippen molar-refractivity contribution in [3.05, 3.63) is 0 Å². The number of ether oxygens (including phenoxy) is 2. The fraction of sp³-hybridized carbons (Fsp3) is 0.778. The lowest BCUT2D eigenvalue weighted by Gasteiger charge is -2.38. The van der Waals surface area contributed by atoms with Crippen molar-refractivity contribution in [3.8, 4) is 0 Å². The first kappa shape index (κ1) is 8.69. The molecule has 2 aliphatic heterocycles. The summed E-state index contributed by atoms with van der Waals surface area (Å²) in [5.74, 6) is -0.0198. The maximum absolute atomic E-state index is 10.9. The van der Waals surface area contributed by atoms with Crippen molar-refractivity contribution in [2.75, 3.05) is 13.2 Å². The Morgan fingerprint density at radius 1 is 1.15 bits per heavy atom. The minimum atomic E-state index is -0.345. The third-order valence-electron chi connectivity index (χ3n) is 2.68. The Morgan fingerprint density at radius 2 is 1.92 bits per heavy atom. The third kappa shape index (κ3) is 1.72. The molecule has 2 rings (SSSR count). The van der Waals surface area contributed by atoms with Crippen LogP contribution in [-0.2, 0) is 19.1 Å². The van der Waals surface area contributed by atoms with E-state index in [2.05, 4.69) is 0 Å². The summed E-state index contributed by atoms with van der Waals surface area (Å²) in [5, 5.41) is 0. The van der Waals surface area contributed by atoms with Gasteiger partial charge < -0.3 is 9.47 Å². The Morgan fingerprint density at radius 3 is 2.46 bits per heavy atom. The van der Waals surface area contributed by atoms with Crippen LogP contribution < -0.4 is 0 Å². The van der Waals surface area contributed by atoms with E-state index in [4.69, 9.17) is 9.47 Å². The van der Waals surface area contributed by atoms with Crippen molar-refractivity contribution in [1.29, 1.82) is 0 Å². The molecule has 1 unspecified atom stereocenters. The topological polar surface area (TPSA) is 52.6 Å². The molecule has 4 nitrogen and oxygen atoms in total. The SMILES string of the molecule is O=C1CCC2(CCC(=O)OC2)OC1. The lowest BCUT2D eigenvalue weighted by atomic mass is 9.88. The highest BCUT2D eigenvalue weighted by Gasteiger charge is 2.40. The maximum Gasteiger partial charge on any atom is 0.305 e. The summed E-state index contributed by atoms with van der Waals surface area (Å²) in [6, 6.07) is 0. The van der Waals surface area contributed by atoms with Crippen molar-refractivity contribution in [3.63, 3.8) is 0 Å². The molecule has 0 radical (unpaired) electrons. The summed E-state index contributed by atoms with van der Waals surface area (Å²) in [6.45, 7) is 0.497. The van der Waals surface area contributed by atoms with Gasteiger partial charge in [0.2, 0.25) is 0 Å². The molecule has 0 saturated carbocycles. The smallest absolute Gasteiger partial charge is 0.305 e. The van der Waals surface area contributed by atoms with Crippen LogP contribution in [0.3, 0.4) is 0 Å². The van der Waals surface area contributed by atoms with Crippen LogP contribution in [-0.4, -0.2) is 30.6 Å². The molecule has 0 bridgehead atoms. The van der Waals surface area contributed by atoms with E-state index in [1.807, 2.05) is 0 Å². The Balaban J connectivity index is 1.98. The van der Waals surface area contributed by atoms with Crippen LogP contribution in [0.1, 0.15) is 25.7 Å². The number of Topliss-reactive ketones (excluding diaryl/α,β-unsaturated/α-hetero) is 1. The standard InChI is InChI=1S/C9H12O4/c10-7-1-3-9(13-5-7)4-2-8(11)12-6-9/h1-6H2. The molecule has 1 spiro atoms. The van der Waals surface area contributed by atoms with Gasteiger partial charge >= 0.3 is 5.97 Å². The van der Waals surface area contributed by atoms with E-state index >= 15 is 0 Å². The predicted octanol–water partition coefficient (Wildman–Crippen LogP) is 0.442. The molecule has 2 fully saturated rings. The molecule has 0 aliphatic carbocycles. The van der Waals surface area contributed by atoms with Crippen LogP contribution >= 0.6 is 0 Å². The summed E-state index contributed by atoms with van der Waals surface area (Å²) in [5.41, 5.74) is -0.345. The van der Waals surface area contributed by atoms with Crippen molar-refractivity contribution in [2.24, 2.45) is 0 Å². The summed E-state index contributed by atoms with van der Waals surface area (Å²) < 4.78 is 10.4. The molecule has 4 heteroatoms. The van der Waals surface area contributed by atoms with Gasteiger partial charge in [0, 0.05) is 12.8 Å². The van der Waals surface area contributed by atoms with E-state index in [1.165, 1.54) is 0 Å². The molecule has 0 N–H and O–H groups in total. The summed E-state index contributed by atoms with van der Waals surface area (Å²) in [6.07, 6.45) is 2.35. The predicted molar refractivity (Wildman–Crippen MR) is 43.1 cm³/mol. The summed E-state index contributed by atoms with van der Waals surface area (Å²) in [4.78, 5) is 21.7. The molecular formula is C9H12O4. The Bertz CT molecular complexity index is 196. The second kappa shape index (κ2) is 3.10. The lowest BCUT2D eigenvalue weighted by Crippen LogP contribution is -2.47. The molecule has 0 aromatic carbocycles. The minimum Gasteiger partial charge on any atom is -0.463 e. The first-order chi connectivity index (χ1) is 6.20. The third-order valence-corrected chi connectivity index (χ3v) is 2.68. The van der Waals surface area contributed by atoms with Gasteiger partial charge in [-0.15, -0.1) is 0 Å². The molecule has 1 atom stereocenters. The molecule has 72 valence electrons. The molecule has 13 heavy (non-hydrogen) atoms. The highest BCUT2D eigenvalue weighted by molar-refractivity contribution is 5.80.